The van der Waals surface area contributed by atoms with Crippen LogP contribution in [0.5, 0.6) is 0 Å². The molecular weight excluding hydrogens is 274 g/mol. The minimum absolute atomic E-state index is 0.0180. The second-order valence-electron chi connectivity index (χ2n) is 5.22. The predicted molar refractivity (Wildman–Crippen MR) is 79.8 cm³/mol. The largest absolute Gasteiger partial charge is 0.481 e. The lowest BCUT2D eigenvalue weighted by Crippen LogP contribution is -2.41. The Morgan fingerprint density at radius 3 is 2.75 bits per heavy atom. The molecule has 0 spiro atoms. The van der Waals surface area contributed by atoms with Crippen molar-refractivity contribution in [3.05, 3.63) is 35.4 Å². The second-order valence-corrected chi connectivity index (χ2v) is 6.79. The topological polar surface area (TPSA) is 57.6 Å². The van der Waals surface area contributed by atoms with Crippen LogP contribution >= 0.6 is 11.8 Å². The molecule has 0 saturated heterocycles. The lowest BCUT2D eigenvalue weighted by Gasteiger charge is -2.33. The highest BCUT2D eigenvalue weighted by atomic mass is 32.2. The SMILES string of the molecule is CC(C)SCC(=O)N1Cc2ccccc2C(C(=O)O)C1. The third-order valence-electron chi connectivity index (χ3n) is 3.39. The van der Waals surface area contributed by atoms with E-state index in [1.165, 1.54) is 0 Å². The molecule has 1 heterocycles. The zero-order valence-electron chi connectivity index (χ0n) is 11.7. The fourth-order valence-electron chi connectivity index (χ4n) is 2.34. The molecule has 1 N–H and O–H groups in total. The molecule has 1 unspecified atom stereocenters. The number of aliphatic carboxylic acids is 1. The van der Waals surface area contributed by atoms with Crippen molar-refractivity contribution in [2.24, 2.45) is 0 Å². The van der Waals surface area contributed by atoms with E-state index in [9.17, 15) is 14.7 Å². The Morgan fingerprint density at radius 2 is 2.10 bits per heavy atom. The molecule has 5 heteroatoms. The molecule has 20 heavy (non-hydrogen) atoms. The number of nitrogens with zero attached hydrogens (tertiary/aromatic N) is 1. The Labute approximate surface area is 123 Å². The standard InChI is InChI=1S/C15H19NO3S/c1-10(2)20-9-14(17)16-7-11-5-3-4-6-12(11)13(8-16)15(18)19/h3-6,10,13H,7-9H2,1-2H3,(H,18,19). The average Bonchev–Trinajstić information content (AvgIpc) is 2.43. The molecule has 2 rings (SSSR count). The first-order chi connectivity index (χ1) is 9.49. The predicted octanol–water partition coefficient (Wildman–Crippen LogP) is 2.34. The van der Waals surface area contributed by atoms with E-state index in [1.807, 2.05) is 38.1 Å². The molecular formula is C15H19NO3S. The summed E-state index contributed by atoms with van der Waals surface area (Å²) in [6.45, 7) is 4.87. The molecule has 0 radical (unpaired) electrons. The van der Waals surface area contributed by atoms with Gasteiger partial charge in [-0.3, -0.25) is 9.59 Å². The number of hydrogen-bond acceptors (Lipinski definition) is 3. The molecule has 1 amide bonds. The van der Waals surface area contributed by atoms with Gasteiger partial charge in [-0.05, 0) is 16.4 Å². The molecule has 1 aromatic rings. The van der Waals surface area contributed by atoms with Crippen LogP contribution in [0, 0.1) is 0 Å². The molecule has 1 aliphatic rings. The summed E-state index contributed by atoms with van der Waals surface area (Å²) in [5, 5.41) is 9.75. The van der Waals surface area contributed by atoms with Gasteiger partial charge in [0.05, 0.1) is 11.7 Å². The highest BCUT2D eigenvalue weighted by Gasteiger charge is 2.32. The summed E-state index contributed by atoms with van der Waals surface area (Å²) in [5.41, 5.74) is 1.77. The molecule has 0 aliphatic carbocycles. The number of carboxylic acid groups (broad SMARTS) is 1. The Morgan fingerprint density at radius 1 is 1.40 bits per heavy atom. The van der Waals surface area contributed by atoms with Crippen molar-refractivity contribution in [2.75, 3.05) is 12.3 Å². The van der Waals surface area contributed by atoms with Crippen molar-refractivity contribution < 1.29 is 14.7 Å². The molecule has 0 saturated carbocycles. The molecule has 0 fully saturated rings. The molecule has 1 aliphatic heterocycles. The lowest BCUT2D eigenvalue weighted by atomic mass is 9.90. The van der Waals surface area contributed by atoms with Gasteiger partial charge in [-0.25, -0.2) is 0 Å². The van der Waals surface area contributed by atoms with E-state index in [-0.39, 0.29) is 12.5 Å². The molecule has 4 nitrogen and oxygen atoms in total. The Balaban J connectivity index is 2.16. The normalized spacial score (nSPS) is 17.9. The minimum atomic E-state index is -0.869. The number of carboxylic acids is 1. The van der Waals surface area contributed by atoms with Crippen LogP contribution in [0.3, 0.4) is 0 Å². The first-order valence-corrected chi connectivity index (χ1v) is 7.74. The second kappa shape index (κ2) is 6.31. The van der Waals surface area contributed by atoms with Crippen LogP contribution in [0.25, 0.3) is 0 Å². The fraction of sp³-hybridized carbons (Fsp3) is 0.467. The van der Waals surface area contributed by atoms with Gasteiger partial charge in [-0.15, -0.1) is 11.8 Å². The monoisotopic (exact) mass is 293 g/mol. The zero-order chi connectivity index (χ0) is 14.7. The van der Waals surface area contributed by atoms with Crippen molar-refractivity contribution >= 4 is 23.6 Å². The third kappa shape index (κ3) is 3.33. The Hall–Kier alpha value is -1.49. The number of hydrogen-bond donors (Lipinski definition) is 1. The van der Waals surface area contributed by atoms with E-state index in [0.717, 1.165) is 11.1 Å². The summed E-state index contributed by atoms with van der Waals surface area (Å²) < 4.78 is 0. The summed E-state index contributed by atoms with van der Waals surface area (Å²) in [6, 6.07) is 7.48. The van der Waals surface area contributed by atoms with Gasteiger partial charge < -0.3 is 10.0 Å². The molecule has 0 bridgehead atoms. The fourth-order valence-corrected chi connectivity index (χ4v) is 3.00. The zero-order valence-corrected chi connectivity index (χ0v) is 12.5. The van der Waals surface area contributed by atoms with E-state index in [4.69, 9.17) is 0 Å². The molecule has 108 valence electrons. The first-order valence-electron chi connectivity index (χ1n) is 6.69. The van der Waals surface area contributed by atoms with Gasteiger partial charge in [0.1, 0.15) is 0 Å². The van der Waals surface area contributed by atoms with Crippen LogP contribution in [0.4, 0.5) is 0 Å². The minimum Gasteiger partial charge on any atom is -0.481 e. The van der Waals surface area contributed by atoms with Gasteiger partial charge in [-0.1, -0.05) is 38.1 Å². The quantitative estimate of drug-likeness (QED) is 0.925. The smallest absolute Gasteiger partial charge is 0.312 e. The third-order valence-corrected chi connectivity index (χ3v) is 4.47. The Bertz CT molecular complexity index is 516. The maximum Gasteiger partial charge on any atom is 0.312 e. The summed E-state index contributed by atoms with van der Waals surface area (Å²) in [6.07, 6.45) is 0. The number of carbonyl (C=O) groups excluding carboxylic acids is 1. The van der Waals surface area contributed by atoms with E-state index < -0.39 is 11.9 Å². The van der Waals surface area contributed by atoms with Gasteiger partial charge in [0.25, 0.3) is 0 Å². The maximum atomic E-state index is 12.2. The van der Waals surface area contributed by atoms with Crippen molar-refractivity contribution in [1.29, 1.82) is 0 Å². The van der Waals surface area contributed by atoms with Crippen LogP contribution in [0.15, 0.2) is 24.3 Å². The molecule has 1 atom stereocenters. The van der Waals surface area contributed by atoms with E-state index in [0.29, 0.717) is 17.5 Å². The van der Waals surface area contributed by atoms with Gasteiger partial charge in [-0.2, -0.15) is 0 Å². The summed E-state index contributed by atoms with van der Waals surface area (Å²) in [4.78, 5) is 25.3. The van der Waals surface area contributed by atoms with Crippen molar-refractivity contribution in [3.8, 4) is 0 Å². The highest BCUT2D eigenvalue weighted by molar-refractivity contribution is 8.00. The molecule has 0 aromatic heterocycles. The van der Waals surface area contributed by atoms with Crippen molar-refractivity contribution in [2.45, 2.75) is 31.6 Å². The number of amides is 1. The Kier molecular flexibility index (Phi) is 4.70. The average molecular weight is 293 g/mol. The van der Waals surface area contributed by atoms with Crippen LogP contribution in [-0.4, -0.2) is 39.4 Å². The van der Waals surface area contributed by atoms with Crippen LogP contribution in [0.2, 0.25) is 0 Å². The first kappa shape index (κ1) is 14.9. The number of carbonyl (C=O) groups is 2. The number of thioether (sulfide) groups is 1. The molecule has 1 aromatic carbocycles. The number of fused-ring (bicyclic) bond motifs is 1. The van der Waals surface area contributed by atoms with Gasteiger partial charge in [0.15, 0.2) is 0 Å². The number of rotatable bonds is 4. The van der Waals surface area contributed by atoms with Crippen LogP contribution < -0.4 is 0 Å². The van der Waals surface area contributed by atoms with Gasteiger partial charge in [0, 0.05) is 13.1 Å². The van der Waals surface area contributed by atoms with Gasteiger partial charge in [0.2, 0.25) is 5.91 Å². The summed E-state index contributed by atoms with van der Waals surface area (Å²) in [5.74, 6) is -1.06. The number of benzene rings is 1. The van der Waals surface area contributed by atoms with Crippen LogP contribution in [0.1, 0.15) is 30.9 Å². The lowest BCUT2D eigenvalue weighted by molar-refractivity contribution is -0.140. The summed E-state index contributed by atoms with van der Waals surface area (Å²) in [7, 11) is 0. The van der Waals surface area contributed by atoms with Crippen LogP contribution in [-0.2, 0) is 16.1 Å². The van der Waals surface area contributed by atoms with E-state index >= 15 is 0 Å². The highest BCUT2D eigenvalue weighted by Crippen LogP contribution is 2.29. The van der Waals surface area contributed by atoms with Crippen molar-refractivity contribution in [1.82, 2.24) is 4.90 Å². The van der Waals surface area contributed by atoms with Crippen molar-refractivity contribution in [3.63, 3.8) is 0 Å². The van der Waals surface area contributed by atoms with E-state index in [2.05, 4.69) is 0 Å². The summed E-state index contributed by atoms with van der Waals surface area (Å²) >= 11 is 1.59. The van der Waals surface area contributed by atoms with E-state index in [1.54, 1.807) is 16.7 Å². The maximum absolute atomic E-state index is 12.2. The van der Waals surface area contributed by atoms with Gasteiger partial charge >= 0.3 is 5.97 Å².